The fourth-order valence-electron chi connectivity index (χ4n) is 2.70. The first kappa shape index (κ1) is 13.6. The van der Waals surface area contributed by atoms with Crippen molar-refractivity contribution in [2.45, 2.75) is 12.8 Å². The van der Waals surface area contributed by atoms with E-state index in [0.717, 1.165) is 11.3 Å². The van der Waals surface area contributed by atoms with E-state index < -0.39 is 0 Å². The van der Waals surface area contributed by atoms with Crippen molar-refractivity contribution in [3.05, 3.63) is 47.5 Å². The first-order valence-electron chi connectivity index (χ1n) is 7.33. The van der Waals surface area contributed by atoms with Gasteiger partial charge in [0.1, 0.15) is 0 Å². The van der Waals surface area contributed by atoms with Crippen LogP contribution in [0.2, 0.25) is 0 Å². The number of hydrogen-bond acceptors (Lipinski definition) is 4. The van der Waals surface area contributed by atoms with E-state index in [9.17, 15) is 9.59 Å². The van der Waals surface area contributed by atoms with Crippen LogP contribution in [0, 0.1) is 0 Å². The van der Waals surface area contributed by atoms with E-state index in [1.54, 1.807) is 30.3 Å². The zero-order valence-electron chi connectivity index (χ0n) is 12.2. The normalized spacial score (nSPS) is 14.9. The van der Waals surface area contributed by atoms with Gasteiger partial charge in [-0.05, 0) is 42.3 Å². The van der Waals surface area contributed by atoms with Gasteiger partial charge < -0.3 is 20.1 Å². The second-order valence-corrected chi connectivity index (χ2v) is 5.44. The second kappa shape index (κ2) is 5.31. The summed E-state index contributed by atoms with van der Waals surface area (Å²) in [6.45, 7) is 0.198. The third-order valence-corrected chi connectivity index (χ3v) is 3.89. The predicted molar refractivity (Wildman–Crippen MR) is 83.9 cm³/mol. The topological polar surface area (TPSA) is 76.7 Å². The van der Waals surface area contributed by atoms with Crippen molar-refractivity contribution in [2.75, 3.05) is 17.4 Å². The Kier molecular flexibility index (Phi) is 3.15. The summed E-state index contributed by atoms with van der Waals surface area (Å²) in [4.78, 5) is 23.8. The Morgan fingerprint density at radius 3 is 2.83 bits per heavy atom. The van der Waals surface area contributed by atoms with E-state index in [2.05, 4.69) is 10.6 Å². The van der Waals surface area contributed by atoms with Crippen LogP contribution in [0.4, 0.5) is 11.4 Å². The van der Waals surface area contributed by atoms with Crippen LogP contribution in [0.25, 0.3) is 0 Å². The number of amides is 2. The fraction of sp³-hybridized carbons (Fsp3) is 0.176. The van der Waals surface area contributed by atoms with Crippen molar-refractivity contribution in [1.29, 1.82) is 0 Å². The zero-order chi connectivity index (χ0) is 15.8. The van der Waals surface area contributed by atoms with Gasteiger partial charge in [0.25, 0.3) is 5.91 Å². The van der Waals surface area contributed by atoms with Crippen LogP contribution in [0.1, 0.15) is 22.3 Å². The summed E-state index contributed by atoms with van der Waals surface area (Å²) in [7, 11) is 0. The summed E-state index contributed by atoms with van der Waals surface area (Å²) in [6, 6.07) is 10.5. The maximum Gasteiger partial charge on any atom is 0.255 e. The third-order valence-electron chi connectivity index (χ3n) is 3.89. The Labute approximate surface area is 132 Å². The first-order valence-corrected chi connectivity index (χ1v) is 7.33. The number of fused-ring (bicyclic) bond motifs is 2. The van der Waals surface area contributed by atoms with E-state index in [1.807, 2.05) is 6.07 Å². The lowest BCUT2D eigenvalue weighted by Crippen LogP contribution is -2.20. The van der Waals surface area contributed by atoms with Gasteiger partial charge in [0.15, 0.2) is 11.5 Å². The van der Waals surface area contributed by atoms with Gasteiger partial charge in [0.05, 0.1) is 0 Å². The standard InChI is InChI=1S/C17H14N2O4/c20-16-6-2-10-7-11(1-4-13(10)19-16)17(21)18-12-3-5-14-15(8-12)23-9-22-14/h1,3-5,7-8H,2,6,9H2,(H,18,21)(H,19,20). The maximum atomic E-state index is 12.4. The maximum absolute atomic E-state index is 12.4. The van der Waals surface area contributed by atoms with E-state index in [0.29, 0.717) is 35.6 Å². The largest absolute Gasteiger partial charge is 0.454 e. The molecule has 0 saturated carbocycles. The molecule has 2 aliphatic heterocycles. The third kappa shape index (κ3) is 2.59. The van der Waals surface area contributed by atoms with Gasteiger partial charge in [-0.2, -0.15) is 0 Å². The van der Waals surface area contributed by atoms with Gasteiger partial charge in [0, 0.05) is 29.4 Å². The van der Waals surface area contributed by atoms with E-state index in [1.165, 1.54) is 0 Å². The van der Waals surface area contributed by atoms with Crippen LogP contribution in [-0.4, -0.2) is 18.6 Å². The molecule has 0 saturated heterocycles. The van der Waals surface area contributed by atoms with Crippen LogP contribution in [0.3, 0.4) is 0 Å². The number of aryl methyl sites for hydroxylation is 1. The molecule has 4 rings (SSSR count). The van der Waals surface area contributed by atoms with Crippen molar-refractivity contribution in [2.24, 2.45) is 0 Å². The van der Waals surface area contributed by atoms with E-state index in [4.69, 9.17) is 9.47 Å². The molecule has 6 nitrogen and oxygen atoms in total. The van der Waals surface area contributed by atoms with Crippen molar-refractivity contribution in [3.8, 4) is 11.5 Å². The minimum Gasteiger partial charge on any atom is -0.454 e. The monoisotopic (exact) mass is 310 g/mol. The van der Waals surface area contributed by atoms with Gasteiger partial charge in [-0.15, -0.1) is 0 Å². The molecule has 2 aromatic rings. The molecule has 2 N–H and O–H groups in total. The van der Waals surface area contributed by atoms with Crippen molar-refractivity contribution < 1.29 is 19.1 Å². The first-order chi connectivity index (χ1) is 11.2. The van der Waals surface area contributed by atoms with Crippen LogP contribution < -0.4 is 20.1 Å². The minimum absolute atomic E-state index is 0.00932. The lowest BCUT2D eigenvalue weighted by Gasteiger charge is -2.17. The van der Waals surface area contributed by atoms with Crippen LogP contribution >= 0.6 is 0 Å². The molecule has 0 aliphatic carbocycles. The Morgan fingerprint density at radius 2 is 1.91 bits per heavy atom. The molecule has 2 aromatic carbocycles. The Bertz CT molecular complexity index is 816. The van der Waals surface area contributed by atoms with Gasteiger partial charge in [0.2, 0.25) is 12.7 Å². The number of hydrogen-bond donors (Lipinski definition) is 2. The zero-order valence-corrected chi connectivity index (χ0v) is 12.2. The summed E-state index contributed by atoms with van der Waals surface area (Å²) in [5.41, 5.74) is 2.95. The number of benzene rings is 2. The molecule has 2 amide bonds. The van der Waals surface area contributed by atoms with Crippen molar-refractivity contribution in [3.63, 3.8) is 0 Å². The molecule has 0 radical (unpaired) electrons. The molecular weight excluding hydrogens is 296 g/mol. The number of anilines is 2. The van der Waals surface area contributed by atoms with Gasteiger partial charge in [-0.3, -0.25) is 9.59 Å². The van der Waals surface area contributed by atoms with E-state index >= 15 is 0 Å². The highest BCUT2D eigenvalue weighted by atomic mass is 16.7. The number of ether oxygens (including phenoxy) is 2. The minimum atomic E-state index is -0.205. The van der Waals surface area contributed by atoms with Crippen LogP contribution in [0.15, 0.2) is 36.4 Å². The van der Waals surface area contributed by atoms with Gasteiger partial charge >= 0.3 is 0 Å². The van der Waals surface area contributed by atoms with Crippen LogP contribution in [0.5, 0.6) is 11.5 Å². The fourth-order valence-corrected chi connectivity index (χ4v) is 2.70. The number of carbonyl (C=O) groups excluding carboxylic acids is 2. The lowest BCUT2D eigenvalue weighted by molar-refractivity contribution is -0.116. The molecule has 2 heterocycles. The lowest BCUT2D eigenvalue weighted by atomic mass is 10.00. The molecule has 0 fully saturated rings. The molecule has 0 bridgehead atoms. The highest BCUT2D eigenvalue weighted by Gasteiger charge is 2.18. The van der Waals surface area contributed by atoms with Gasteiger partial charge in [-0.1, -0.05) is 0 Å². The van der Waals surface area contributed by atoms with Gasteiger partial charge in [-0.25, -0.2) is 0 Å². The predicted octanol–water partition coefficient (Wildman–Crippen LogP) is 2.55. The second-order valence-electron chi connectivity index (χ2n) is 5.44. The number of rotatable bonds is 2. The SMILES string of the molecule is O=C1CCc2cc(C(=O)Nc3ccc4c(c3)OCO4)ccc2N1. The summed E-state index contributed by atoms with van der Waals surface area (Å²) in [5, 5.41) is 5.64. The smallest absolute Gasteiger partial charge is 0.255 e. The molecular formula is C17H14N2O4. The molecule has 6 heteroatoms. The molecule has 0 aromatic heterocycles. The Balaban J connectivity index is 1.54. The average Bonchev–Trinajstić information content (AvgIpc) is 3.02. The van der Waals surface area contributed by atoms with E-state index in [-0.39, 0.29) is 18.6 Å². The highest BCUT2D eigenvalue weighted by Crippen LogP contribution is 2.34. The summed E-state index contributed by atoms with van der Waals surface area (Å²) < 4.78 is 10.5. The molecule has 0 unspecified atom stereocenters. The molecule has 116 valence electrons. The molecule has 23 heavy (non-hydrogen) atoms. The Hall–Kier alpha value is -3.02. The van der Waals surface area contributed by atoms with Crippen molar-refractivity contribution in [1.82, 2.24) is 0 Å². The number of carbonyl (C=O) groups is 2. The summed E-state index contributed by atoms with van der Waals surface area (Å²) in [5.74, 6) is 1.10. The summed E-state index contributed by atoms with van der Waals surface area (Å²) >= 11 is 0. The summed E-state index contributed by atoms with van der Waals surface area (Å²) in [6.07, 6.45) is 1.09. The quantitative estimate of drug-likeness (QED) is 0.893. The average molecular weight is 310 g/mol. The molecule has 0 atom stereocenters. The highest BCUT2D eigenvalue weighted by molar-refractivity contribution is 6.05. The number of nitrogens with one attached hydrogen (secondary N) is 2. The molecule has 0 spiro atoms. The van der Waals surface area contributed by atoms with Crippen LogP contribution in [-0.2, 0) is 11.2 Å². The molecule has 2 aliphatic rings. The van der Waals surface area contributed by atoms with Crippen molar-refractivity contribution >= 4 is 23.2 Å². The Morgan fingerprint density at radius 1 is 1.04 bits per heavy atom.